The van der Waals surface area contributed by atoms with E-state index in [1.54, 1.807) is 43.3 Å². The molecule has 1 aliphatic rings. The molecule has 1 aliphatic heterocycles. The van der Waals surface area contributed by atoms with Crippen LogP contribution in [0.15, 0.2) is 53.0 Å². The minimum Gasteiger partial charge on any atom is -0.335 e. The number of hydrogen-bond donors (Lipinski definition) is 2. The van der Waals surface area contributed by atoms with Crippen LogP contribution in [0.1, 0.15) is 18.1 Å². The van der Waals surface area contributed by atoms with E-state index in [9.17, 15) is 19.2 Å². The first kappa shape index (κ1) is 22.5. The van der Waals surface area contributed by atoms with Crippen LogP contribution in [0.5, 0.6) is 0 Å². The highest BCUT2D eigenvalue weighted by atomic mass is 79.9. The number of amides is 5. The highest BCUT2D eigenvalue weighted by molar-refractivity contribution is 9.10. The van der Waals surface area contributed by atoms with Gasteiger partial charge in [-0.1, -0.05) is 51.8 Å². The summed E-state index contributed by atoms with van der Waals surface area (Å²) in [4.78, 5) is 52.4. The van der Waals surface area contributed by atoms with Gasteiger partial charge in [0.05, 0.1) is 6.54 Å². The third kappa shape index (κ3) is 4.77. The molecule has 0 bridgehead atoms. The van der Waals surface area contributed by atoms with Crippen LogP contribution in [0.2, 0.25) is 0 Å². The summed E-state index contributed by atoms with van der Waals surface area (Å²) in [6.07, 6.45) is 0. The van der Waals surface area contributed by atoms with Crippen molar-refractivity contribution in [3.05, 3.63) is 64.1 Å². The Kier molecular flexibility index (Phi) is 6.45. The van der Waals surface area contributed by atoms with Gasteiger partial charge in [-0.3, -0.25) is 19.3 Å². The number of nitrogens with one attached hydrogen (secondary N) is 2. The SMILES string of the molecule is Cc1ccc(NC(=O)CN(C)C(=O)CN2C(=O)NC(C)(c3ccccc3Br)C2=O)cc1. The third-order valence-corrected chi connectivity index (χ3v) is 5.81. The Morgan fingerprint density at radius 2 is 1.77 bits per heavy atom. The van der Waals surface area contributed by atoms with Gasteiger partial charge in [0.1, 0.15) is 12.1 Å². The second-order valence-corrected chi connectivity index (χ2v) is 8.44. The van der Waals surface area contributed by atoms with E-state index in [4.69, 9.17) is 0 Å². The van der Waals surface area contributed by atoms with E-state index in [2.05, 4.69) is 26.6 Å². The lowest BCUT2D eigenvalue weighted by Crippen LogP contribution is -2.45. The van der Waals surface area contributed by atoms with Crippen LogP contribution in [0.3, 0.4) is 0 Å². The lowest BCUT2D eigenvalue weighted by molar-refractivity contribution is -0.139. The lowest BCUT2D eigenvalue weighted by Gasteiger charge is -2.24. The maximum absolute atomic E-state index is 13.0. The maximum atomic E-state index is 13.0. The molecule has 1 heterocycles. The fourth-order valence-corrected chi connectivity index (χ4v) is 3.97. The van der Waals surface area contributed by atoms with Gasteiger partial charge in [-0.25, -0.2) is 4.79 Å². The van der Waals surface area contributed by atoms with E-state index in [1.165, 1.54) is 11.9 Å². The smallest absolute Gasteiger partial charge is 0.325 e. The fraction of sp³-hybridized carbons (Fsp3) is 0.273. The number of benzene rings is 2. The average molecular weight is 487 g/mol. The zero-order valence-corrected chi connectivity index (χ0v) is 19.0. The summed E-state index contributed by atoms with van der Waals surface area (Å²) < 4.78 is 0.671. The van der Waals surface area contributed by atoms with Crippen LogP contribution in [-0.2, 0) is 19.9 Å². The minimum atomic E-state index is -1.29. The molecule has 0 spiro atoms. The molecule has 2 N–H and O–H groups in total. The molecular formula is C22H23BrN4O4. The maximum Gasteiger partial charge on any atom is 0.325 e. The predicted molar refractivity (Wildman–Crippen MR) is 119 cm³/mol. The Balaban J connectivity index is 1.63. The van der Waals surface area contributed by atoms with Crippen LogP contribution in [0, 0.1) is 6.92 Å². The highest BCUT2D eigenvalue weighted by Gasteiger charge is 2.50. The summed E-state index contributed by atoms with van der Waals surface area (Å²) in [6.45, 7) is 2.86. The van der Waals surface area contributed by atoms with E-state index < -0.39 is 29.9 Å². The molecular weight excluding hydrogens is 464 g/mol. The number of imide groups is 1. The first-order chi connectivity index (χ1) is 14.6. The summed E-state index contributed by atoms with van der Waals surface area (Å²) in [5.41, 5.74) is 0.982. The summed E-state index contributed by atoms with van der Waals surface area (Å²) in [7, 11) is 1.45. The quantitative estimate of drug-likeness (QED) is 0.613. The predicted octanol–water partition coefficient (Wildman–Crippen LogP) is 2.62. The molecule has 5 amide bonds. The second kappa shape index (κ2) is 8.89. The third-order valence-electron chi connectivity index (χ3n) is 5.12. The molecule has 3 rings (SSSR count). The van der Waals surface area contributed by atoms with Gasteiger partial charge >= 0.3 is 6.03 Å². The molecule has 2 aromatic rings. The van der Waals surface area contributed by atoms with Crippen molar-refractivity contribution in [1.29, 1.82) is 0 Å². The van der Waals surface area contributed by atoms with Crippen molar-refractivity contribution in [2.24, 2.45) is 0 Å². The van der Waals surface area contributed by atoms with Crippen molar-refractivity contribution in [3.63, 3.8) is 0 Å². The second-order valence-electron chi connectivity index (χ2n) is 7.59. The summed E-state index contributed by atoms with van der Waals surface area (Å²) in [5, 5.41) is 5.38. The summed E-state index contributed by atoms with van der Waals surface area (Å²) in [5.74, 6) is -1.44. The molecule has 0 radical (unpaired) electrons. The minimum absolute atomic E-state index is 0.210. The standard InChI is InChI=1S/C22H23BrN4O4/c1-14-8-10-15(11-9-14)24-18(28)12-26(3)19(29)13-27-20(30)22(2,25-21(27)31)16-6-4-5-7-17(16)23/h4-11H,12-13H2,1-3H3,(H,24,28)(H,25,31). The molecule has 0 saturated carbocycles. The van der Waals surface area contributed by atoms with Crippen molar-refractivity contribution in [1.82, 2.24) is 15.1 Å². The fourth-order valence-electron chi connectivity index (χ4n) is 3.29. The van der Waals surface area contributed by atoms with Crippen LogP contribution < -0.4 is 10.6 Å². The number of carbonyl (C=O) groups is 4. The summed E-state index contributed by atoms with van der Waals surface area (Å²) >= 11 is 3.40. The molecule has 8 nitrogen and oxygen atoms in total. The number of nitrogens with zero attached hydrogens (tertiary/aromatic N) is 2. The zero-order chi connectivity index (χ0) is 22.8. The van der Waals surface area contributed by atoms with Crippen LogP contribution in [0.25, 0.3) is 0 Å². The lowest BCUT2D eigenvalue weighted by atomic mass is 9.92. The molecule has 1 saturated heterocycles. The molecule has 1 fully saturated rings. The van der Waals surface area contributed by atoms with Crippen molar-refractivity contribution in [3.8, 4) is 0 Å². The van der Waals surface area contributed by atoms with Crippen LogP contribution in [0.4, 0.5) is 10.5 Å². The largest absolute Gasteiger partial charge is 0.335 e. The molecule has 2 aromatic carbocycles. The number of likely N-dealkylation sites (N-methyl/N-ethyl adjacent to an activating group) is 1. The molecule has 9 heteroatoms. The van der Waals surface area contributed by atoms with Gasteiger partial charge in [-0.2, -0.15) is 0 Å². The normalized spacial score (nSPS) is 18.0. The number of halogens is 1. The molecule has 1 unspecified atom stereocenters. The van der Waals surface area contributed by atoms with E-state index in [1.807, 2.05) is 19.1 Å². The number of hydrogen-bond acceptors (Lipinski definition) is 4. The van der Waals surface area contributed by atoms with Crippen LogP contribution in [-0.4, -0.2) is 53.7 Å². The first-order valence-electron chi connectivity index (χ1n) is 9.61. The molecule has 0 aromatic heterocycles. The van der Waals surface area contributed by atoms with Gasteiger partial charge in [-0.15, -0.1) is 0 Å². The van der Waals surface area contributed by atoms with Crippen molar-refractivity contribution >= 4 is 45.4 Å². The van der Waals surface area contributed by atoms with Crippen molar-refractivity contribution in [2.75, 3.05) is 25.5 Å². The number of aryl methyl sites for hydroxylation is 1. The Labute approximate surface area is 188 Å². The topological polar surface area (TPSA) is 98.8 Å². The average Bonchev–Trinajstić information content (AvgIpc) is 2.93. The van der Waals surface area contributed by atoms with Crippen molar-refractivity contribution in [2.45, 2.75) is 19.4 Å². The van der Waals surface area contributed by atoms with Crippen LogP contribution >= 0.6 is 15.9 Å². The molecule has 0 aliphatic carbocycles. The summed E-state index contributed by atoms with van der Waals surface area (Å²) in [6, 6.07) is 13.7. The van der Waals surface area contributed by atoms with Gasteiger partial charge in [-0.05, 0) is 32.0 Å². The van der Waals surface area contributed by atoms with Crippen molar-refractivity contribution < 1.29 is 19.2 Å². The van der Waals surface area contributed by atoms with Gasteiger partial charge in [0.2, 0.25) is 11.8 Å². The van der Waals surface area contributed by atoms with E-state index in [0.717, 1.165) is 10.5 Å². The molecule has 162 valence electrons. The number of urea groups is 1. The number of rotatable bonds is 6. The first-order valence-corrected chi connectivity index (χ1v) is 10.4. The monoisotopic (exact) mass is 486 g/mol. The van der Waals surface area contributed by atoms with Gasteiger partial charge in [0, 0.05) is 22.8 Å². The number of anilines is 1. The van der Waals surface area contributed by atoms with Gasteiger partial charge in [0.25, 0.3) is 5.91 Å². The Morgan fingerprint density at radius 3 is 2.42 bits per heavy atom. The zero-order valence-electron chi connectivity index (χ0n) is 17.4. The Bertz CT molecular complexity index is 1040. The van der Waals surface area contributed by atoms with E-state index in [-0.39, 0.29) is 12.5 Å². The van der Waals surface area contributed by atoms with Gasteiger partial charge in [0.15, 0.2) is 0 Å². The Hall–Kier alpha value is -3.20. The number of carbonyl (C=O) groups excluding carboxylic acids is 4. The Morgan fingerprint density at radius 1 is 1.13 bits per heavy atom. The van der Waals surface area contributed by atoms with E-state index >= 15 is 0 Å². The van der Waals surface area contributed by atoms with E-state index in [0.29, 0.717) is 15.7 Å². The highest BCUT2D eigenvalue weighted by Crippen LogP contribution is 2.33. The molecule has 1 atom stereocenters. The van der Waals surface area contributed by atoms with Gasteiger partial charge < -0.3 is 15.5 Å². The molecule has 31 heavy (non-hydrogen) atoms.